The zero-order chi connectivity index (χ0) is 23.3. The van der Waals surface area contributed by atoms with E-state index in [0.717, 1.165) is 19.1 Å². The Morgan fingerprint density at radius 3 is 2.47 bits per heavy atom. The predicted molar refractivity (Wildman–Crippen MR) is 122 cm³/mol. The topological polar surface area (TPSA) is 66.9 Å². The van der Waals surface area contributed by atoms with Crippen molar-refractivity contribution in [1.82, 2.24) is 0 Å². The molecule has 1 heterocycles. The maximum atomic E-state index is 13.4. The van der Waals surface area contributed by atoms with Gasteiger partial charge in [0.2, 0.25) is 0 Å². The number of halogens is 1. The lowest BCUT2D eigenvalue weighted by molar-refractivity contribution is -0.154. The Morgan fingerprint density at radius 2 is 1.81 bits per heavy atom. The molecule has 0 saturated carbocycles. The Morgan fingerprint density at radius 1 is 1.09 bits per heavy atom. The minimum absolute atomic E-state index is 0.190. The van der Waals surface area contributed by atoms with E-state index in [4.69, 9.17) is 4.74 Å². The van der Waals surface area contributed by atoms with Crippen molar-refractivity contribution >= 4 is 29.5 Å². The number of amides is 1. The summed E-state index contributed by atoms with van der Waals surface area (Å²) in [6.07, 6.45) is 3.46. The molecule has 3 rings (SSSR count). The van der Waals surface area contributed by atoms with Crippen molar-refractivity contribution in [3.8, 4) is 0 Å². The number of carbonyl (C=O) groups is 3. The molecule has 0 spiro atoms. The van der Waals surface area contributed by atoms with E-state index in [1.807, 2.05) is 25.7 Å². The van der Waals surface area contributed by atoms with Gasteiger partial charge in [-0.2, -0.15) is 0 Å². The van der Waals surface area contributed by atoms with Crippen LogP contribution in [0, 0.1) is 5.82 Å². The lowest BCUT2D eigenvalue weighted by Crippen LogP contribution is -2.47. The van der Waals surface area contributed by atoms with Crippen LogP contribution >= 0.6 is 0 Å². The van der Waals surface area contributed by atoms with E-state index in [1.54, 1.807) is 35.2 Å². The average Bonchev–Trinajstić information content (AvgIpc) is 2.74. The number of fused-ring (bicyclic) bond motifs is 1. The molecule has 0 fully saturated rings. The molecule has 0 aliphatic carbocycles. The van der Waals surface area contributed by atoms with E-state index in [1.165, 1.54) is 12.1 Å². The summed E-state index contributed by atoms with van der Waals surface area (Å²) >= 11 is 0. The number of unbranched alkanes of at least 4 members (excludes halogenated alkanes) is 2. The van der Waals surface area contributed by atoms with Gasteiger partial charge >= 0.3 is 5.97 Å². The molecule has 0 atom stereocenters. The van der Waals surface area contributed by atoms with E-state index < -0.39 is 5.60 Å². The number of carbonyl (C=O) groups excluding carboxylic acids is 3. The molecule has 2 aromatic rings. The van der Waals surface area contributed by atoms with Crippen LogP contribution in [0.3, 0.4) is 0 Å². The second-order valence-electron chi connectivity index (χ2n) is 8.91. The van der Waals surface area contributed by atoms with E-state index in [-0.39, 0.29) is 17.7 Å². The van der Waals surface area contributed by atoms with Crippen molar-refractivity contribution in [3.63, 3.8) is 0 Å². The summed E-state index contributed by atoms with van der Waals surface area (Å²) in [4.78, 5) is 39.9. The first-order valence-electron chi connectivity index (χ1n) is 10.8. The van der Waals surface area contributed by atoms with Crippen molar-refractivity contribution in [2.24, 2.45) is 0 Å². The molecule has 0 bridgehead atoms. The van der Waals surface area contributed by atoms with Gasteiger partial charge in [0.05, 0.1) is 17.9 Å². The highest BCUT2D eigenvalue weighted by Gasteiger charge is 2.30. The highest BCUT2D eigenvalue weighted by Crippen LogP contribution is 2.31. The second kappa shape index (κ2) is 9.94. The highest BCUT2D eigenvalue weighted by atomic mass is 19.1. The Hall–Kier alpha value is -3.22. The van der Waals surface area contributed by atoms with Crippen molar-refractivity contribution in [2.75, 3.05) is 23.0 Å². The van der Waals surface area contributed by atoms with Gasteiger partial charge in [0, 0.05) is 24.2 Å². The van der Waals surface area contributed by atoms with Gasteiger partial charge in [-0.3, -0.25) is 19.3 Å². The molecule has 0 N–H and O–H groups in total. The smallest absolute Gasteiger partial charge is 0.306 e. The molecular weight excluding hydrogens is 411 g/mol. The molecule has 1 aliphatic rings. The number of esters is 1. The molecule has 2 aromatic carbocycles. The van der Waals surface area contributed by atoms with Gasteiger partial charge < -0.3 is 9.64 Å². The van der Waals surface area contributed by atoms with Crippen LogP contribution in [-0.2, 0) is 9.53 Å². The average molecular weight is 441 g/mol. The van der Waals surface area contributed by atoms with Crippen LogP contribution in [0.1, 0.15) is 67.2 Å². The van der Waals surface area contributed by atoms with Crippen LogP contribution in [0.15, 0.2) is 42.5 Å². The maximum absolute atomic E-state index is 13.4. The Kier molecular flexibility index (Phi) is 7.28. The Labute approximate surface area is 188 Å². The lowest BCUT2D eigenvalue weighted by atomic mass is 10.0. The van der Waals surface area contributed by atoms with Gasteiger partial charge in [0.15, 0.2) is 0 Å². The number of aldehydes is 1. The molecule has 1 aliphatic heterocycles. The number of benzene rings is 2. The van der Waals surface area contributed by atoms with Crippen LogP contribution in [0.4, 0.5) is 15.8 Å². The molecule has 170 valence electrons. The van der Waals surface area contributed by atoms with Crippen LogP contribution < -0.4 is 9.80 Å². The zero-order valence-electron chi connectivity index (χ0n) is 18.8. The van der Waals surface area contributed by atoms with Crippen molar-refractivity contribution < 1.29 is 23.5 Å². The van der Waals surface area contributed by atoms with E-state index in [0.29, 0.717) is 48.6 Å². The quantitative estimate of drug-likeness (QED) is 0.330. The summed E-state index contributed by atoms with van der Waals surface area (Å²) in [7, 11) is 0. The Balaban J connectivity index is 1.69. The van der Waals surface area contributed by atoms with Crippen LogP contribution in [0.2, 0.25) is 0 Å². The lowest BCUT2D eigenvalue weighted by Gasteiger charge is -2.38. The van der Waals surface area contributed by atoms with E-state index in [2.05, 4.69) is 0 Å². The molecule has 7 heteroatoms. The molecule has 0 radical (unpaired) electrons. The maximum Gasteiger partial charge on any atom is 0.306 e. The molecular formula is C25H29FN2O4. The predicted octanol–water partition coefficient (Wildman–Crippen LogP) is 4.96. The molecule has 0 unspecified atom stereocenters. The van der Waals surface area contributed by atoms with Crippen molar-refractivity contribution in [1.29, 1.82) is 0 Å². The monoisotopic (exact) mass is 440 g/mol. The minimum atomic E-state index is -0.485. The van der Waals surface area contributed by atoms with Crippen molar-refractivity contribution in [3.05, 3.63) is 59.4 Å². The first-order chi connectivity index (χ1) is 15.2. The largest absolute Gasteiger partial charge is 0.460 e. The summed E-state index contributed by atoms with van der Waals surface area (Å²) in [6, 6.07) is 10.8. The molecule has 0 aromatic heterocycles. The standard InChI is InChI=1S/C25H29FN2O4/c1-25(2,3)32-23(30)7-5-4-6-14-27-17-28(20-11-9-19(26)10-12-20)24(31)21-13-8-18(16-29)15-22(21)27/h8-13,15-16H,4-7,14,17H2,1-3H3. The zero-order valence-corrected chi connectivity index (χ0v) is 18.8. The van der Waals surface area contributed by atoms with Crippen molar-refractivity contribution in [2.45, 2.75) is 52.1 Å². The van der Waals surface area contributed by atoms with E-state index >= 15 is 0 Å². The van der Waals surface area contributed by atoms with Gasteiger partial charge in [-0.1, -0.05) is 12.5 Å². The van der Waals surface area contributed by atoms with Crippen LogP contribution in [0.25, 0.3) is 0 Å². The van der Waals surface area contributed by atoms with Gasteiger partial charge in [-0.05, 0) is 70.0 Å². The summed E-state index contributed by atoms with van der Waals surface area (Å²) in [6.45, 7) is 6.49. The number of anilines is 2. The fourth-order valence-corrected chi connectivity index (χ4v) is 3.67. The molecule has 0 saturated heterocycles. The van der Waals surface area contributed by atoms with Gasteiger partial charge in [-0.25, -0.2) is 4.39 Å². The summed E-state index contributed by atoms with van der Waals surface area (Å²) in [5, 5.41) is 0. The Bertz CT molecular complexity index is 982. The van der Waals surface area contributed by atoms with Crippen LogP contribution in [-0.4, -0.2) is 37.0 Å². The molecule has 6 nitrogen and oxygen atoms in total. The third-order valence-electron chi connectivity index (χ3n) is 5.15. The normalized spacial score (nSPS) is 13.7. The van der Waals surface area contributed by atoms with Gasteiger partial charge in [-0.15, -0.1) is 0 Å². The number of ether oxygens (including phenoxy) is 1. The third-order valence-corrected chi connectivity index (χ3v) is 5.15. The summed E-state index contributed by atoms with van der Waals surface area (Å²) in [5.41, 5.74) is 1.84. The fourth-order valence-electron chi connectivity index (χ4n) is 3.67. The first kappa shape index (κ1) is 23.4. The van der Waals surface area contributed by atoms with Gasteiger partial charge in [0.1, 0.15) is 17.7 Å². The summed E-state index contributed by atoms with van der Waals surface area (Å²) < 4.78 is 18.7. The SMILES string of the molecule is CC(C)(C)OC(=O)CCCCCN1CN(c2ccc(F)cc2)C(=O)c2ccc(C=O)cc21. The molecule has 32 heavy (non-hydrogen) atoms. The third kappa shape index (κ3) is 5.93. The minimum Gasteiger partial charge on any atom is -0.460 e. The first-order valence-corrected chi connectivity index (χ1v) is 10.8. The molecule has 1 amide bonds. The highest BCUT2D eigenvalue weighted by molar-refractivity contribution is 6.12. The summed E-state index contributed by atoms with van der Waals surface area (Å²) in [5.74, 6) is -0.758. The van der Waals surface area contributed by atoms with Crippen LogP contribution in [0.5, 0.6) is 0 Å². The number of hydrogen-bond donors (Lipinski definition) is 0. The second-order valence-corrected chi connectivity index (χ2v) is 8.91. The van der Waals surface area contributed by atoms with E-state index in [9.17, 15) is 18.8 Å². The number of nitrogens with zero attached hydrogens (tertiary/aromatic N) is 2. The van der Waals surface area contributed by atoms with Gasteiger partial charge in [0.25, 0.3) is 5.91 Å². The fraction of sp³-hybridized carbons (Fsp3) is 0.400. The number of hydrogen-bond acceptors (Lipinski definition) is 5. The number of rotatable bonds is 8.